The van der Waals surface area contributed by atoms with Gasteiger partial charge in [-0.2, -0.15) is 0 Å². The molecule has 0 radical (unpaired) electrons. The second-order valence-corrected chi connectivity index (χ2v) is 7.46. The predicted molar refractivity (Wildman–Crippen MR) is 116 cm³/mol. The van der Waals surface area contributed by atoms with Crippen LogP contribution in [0.5, 0.6) is 0 Å². The van der Waals surface area contributed by atoms with Gasteiger partial charge in [0.15, 0.2) is 0 Å². The van der Waals surface area contributed by atoms with Crippen LogP contribution in [0.1, 0.15) is 20.8 Å². The third-order valence-corrected chi connectivity index (χ3v) is 5.33. The summed E-state index contributed by atoms with van der Waals surface area (Å²) in [5, 5.41) is 8.58. The average Bonchev–Trinajstić information content (AvgIpc) is 3.42. The van der Waals surface area contributed by atoms with Crippen LogP contribution in [-0.2, 0) is 11.3 Å². The number of rotatable bonds is 6. The molecule has 29 heavy (non-hydrogen) atoms. The van der Waals surface area contributed by atoms with Gasteiger partial charge in [-0.1, -0.05) is 42.5 Å². The van der Waals surface area contributed by atoms with Gasteiger partial charge >= 0.3 is 0 Å². The van der Waals surface area contributed by atoms with E-state index in [1.807, 2.05) is 54.0 Å². The third-order valence-electron chi connectivity index (χ3n) is 4.45. The number of carbonyl (C=O) groups excluding carboxylic acids is 2. The third kappa shape index (κ3) is 4.44. The van der Waals surface area contributed by atoms with Gasteiger partial charge in [-0.05, 0) is 35.7 Å². The van der Waals surface area contributed by atoms with E-state index in [1.54, 1.807) is 41.7 Å². The van der Waals surface area contributed by atoms with E-state index in [9.17, 15) is 9.59 Å². The molecular weight excluding hydrogens is 382 g/mol. The molecule has 2 amide bonds. The normalized spacial score (nSPS) is 11.4. The number of hydrogen-bond acceptors (Lipinski definition) is 3. The van der Waals surface area contributed by atoms with Gasteiger partial charge in [0.2, 0.25) is 0 Å². The summed E-state index contributed by atoms with van der Waals surface area (Å²) in [6.45, 7) is 0.406. The van der Waals surface area contributed by atoms with Crippen molar-refractivity contribution in [2.45, 2.75) is 6.54 Å². The summed E-state index contributed by atoms with van der Waals surface area (Å²) in [6.07, 6.45) is 3.52. The number of aromatic nitrogens is 1. The smallest absolute Gasteiger partial charge is 0.268 e. The minimum atomic E-state index is -0.340. The van der Waals surface area contributed by atoms with Gasteiger partial charge < -0.3 is 15.6 Å². The van der Waals surface area contributed by atoms with Crippen LogP contribution in [0.4, 0.5) is 0 Å². The van der Waals surface area contributed by atoms with E-state index in [2.05, 4.69) is 15.6 Å². The summed E-state index contributed by atoms with van der Waals surface area (Å²) in [7, 11) is 0. The first kappa shape index (κ1) is 18.7. The SMILES string of the molecule is O=C(NCc1cccs1)C(=Cc1c[nH]c2ccccc12)NC(=O)c1ccccc1. The summed E-state index contributed by atoms with van der Waals surface area (Å²) < 4.78 is 0. The standard InChI is InChI=1S/C23H19N3O2S/c27-22(16-7-2-1-3-8-16)26-21(23(28)25-15-18-9-6-12-29-18)13-17-14-24-20-11-5-4-10-19(17)20/h1-14,24H,15H2,(H,25,28)(H,26,27). The molecule has 0 spiro atoms. The summed E-state index contributed by atoms with van der Waals surface area (Å²) in [5.74, 6) is -0.670. The van der Waals surface area contributed by atoms with Crippen LogP contribution >= 0.6 is 11.3 Å². The maximum Gasteiger partial charge on any atom is 0.268 e. The van der Waals surface area contributed by atoms with Gasteiger partial charge in [-0.3, -0.25) is 9.59 Å². The Morgan fingerprint density at radius 2 is 1.76 bits per heavy atom. The molecule has 2 aromatic heterocycles. The molecule has 6 heteroatoms. The van der Waals surface area contributed by atoms with E-state index in [-0.39, 0.29) is 17.5 Å². The number of nitrogens with one attached hydrogen (secondary N) is 3. The zero-order valence-electron chi connectivity index (χ0n) is 15.5. The first-order valence-corrected chi connectivity index (χ1v) is 10.0. The van der Waals surface area contributed by atoms with Gasteiger partial charge in [0.1, 0.15) is 5.70 Å². The van der Waals surface area contributed by atoms with Crippen molar-refractivity contribution in [3.05, 3.63) is 100 Å². The molecule has 5 nitrogen and oxygen atoms in total. The molecule has 0 aliphatic heterocycles. The lowest BCUT2D eigenvalue weighted by molar-refractivity contribution is -0.117. The number of hydrogen-bond donors (Lipinski definition) is 3. The Labute approximate surface area is 172 Å². The molecule has 2 aromatic carbocycles. The molecule has 0 bridgehead atoms. The zero-order chi connectivity index (χ0) is 20.1. The highest BCUT2D eigenvalue weighted by Gasteiger charge is 2.15. The van der Waals surface area contributed by atoms with Crippen LogP contribution in [0, 0.1) is 0 Å². The number of carbonyl (C=O) groups is 2. The molecule has 2 heterocycles. The fraction of sp³-hybridized carbons (Fsp3) is 0.0435. The monoisotopic (exact) mass is 401 g/mol. The van der Waals surface area contributed by atoms with E-state index >= 15 is 0 Å². The van der Waals surface area contributed by atoms with Crippen LogP contribution in [0.25, 0.3) is 17.0 Å². The van der Waals surface area contributed by atoms with Gasteiger partial charge in [0, 0.05) is 33.1 Å². The number of benzene rings is 2. The van der Waals surface area contributed by atoms with E-state index in [0.717, 1.165) is 21.3 Å². The second kappa shape index (κ2) is 8.58. The Hall–Kier alpha value is -3.64. The molecular formula is C23H19N3O2S. The van der Waals surface area contributed by atoms with Crippen LogP contribution in [0.15, 0.2) is 84.0 Å². The molecule has 4 rings (SSSR count). The van der Waals surface area contributed by atoms with Crippen LogP contribution in [0.2, 0.25) is 0 Å². The van der Waals surface area contributed by atoms with Gasteiger partial charge in [0.05, 0.1) is 6.54 Å². The molecule has 144 valence electrons. The Kier molecular flexibility index (Phi) is 5.54. The highest BCUT2D eigenvalue weighted by atomic mass is 32.1. The second-order valence-electron chi connectivity index (χ2n) is 6.43. The zero-order valence-corrected chi connectivity index (χ0v) is 16.3. The number of para-hydroxylation sites is 1. The molecule has 0 saturated carbocycles. The fourth-order valence-corrected chi connectivity index (χ4v) is 3.63. The van der Waals surface area contributed by atoms with Crippen molar-refractivity contribution in [2.24, 2.45) is 0 Å². The lowest BCUT2D eigenvalue weighted by atomic mass is 10.1. The maximum atomic E-state index is 12.9. The molecule has 0 aliphatic rings. The molecule has 0 atom stereocenters. The topological polar surface area (TPSA) is 74.0 Å². The van der Waals surface area contributed by atoms with E-state index in [0.29, 0.717) is 12.1 Å². The summed E-state index contributed by atoms with van der Waals surface area (Å²) in [5.41, 5.74) is 2.48. The van der Waals surface area contributed by atoms with Crippen LogP contribution < -0.4 is 10.6 Å². The number of thiophene rings is 1. The van der Waals surface area contributed by atoms with E-state index in [4.69, 9.17) is 0 Å². The summed E-state index contributed by atoms with van der Waals surface area (Å²) >= 11 is 1.57. The number of amides is 2. The highest BCUT2D eigenvalue weighted by Crippen LogP contribution is 2.20. The van der Waals surface area contributed by atoms with E-state index in [1.165, 1.54) is 0 Å². The van der Waals surface area contributed by atoms with Crippen molar-refractivity contribution in [2.75, 3.05) is 0 Å². The Balaban J connectivity index is 1.62. The molecule has 0 saturated heterocycles. The van der Waals surface area contributed by atoms with Crippen LogP contribution in [0.3, 0.4) is 0 Å². The van der Waals surface area contributed by atoms with E-state index < -0.39 is 0 Å². The van der Waals surface area contributed by atoms with Crippen molar-refractivity contribution in [1.29, 1.82) is 0 Å². The van der Waals surface area contributed by atoms with Gasteiger partial charge in [-0.15, -0.1) is 11.3 Å². The Bertz CT molecular complexity index is 1160. The van der Waals surface area contributed by atoms with Gasteiger partial charge in [-0.25, -0.2) is 0 Å². The quantitative estimate of drug-likeness (QED) is 0.421. The minimum absolute atomic E-state index is 0.195. The summed E-state index contributed by atoms with van der Waals surface area (Å²) in [6, 6.07) is 20.5. The molecule has 0 unspecified atom stereocenters. The maximum absolute atomic E-state index is 12.9. The average molecular weight is 401 g/mol. The van der Waals surface area contributed by atoms with Crippen molar-refractivity contribution in [1.82, 2.24) is 15.6 Å². The molecule has 4 aromatic rings. The highest BCUT2D eigenvalue weighted by molar-refractivity contribution is 7.09. The Morgan fingerprint density at radius 1 is 0.966 bits per heavy atom. The van der Waals surface area contributed by atoms with Crippen molar-refractivity contribution >= 4 is 40.1 Å². The van der Waals surface area contributed by atoms with Crippen molar-refractivity contribution in [3.8, 4) is 0 Å². The minimum Gasteiger partial charge on any atom is -0.361 e. The van der Waals surface area contributed by atoms with Crippen LogP contribution in [-0.4, -0.2) is 16.8 Å². The largest absolute Gasteiger partial charge is 0.361 e. The predicted octanol–water partition coefficient (Wildman–Crippen LogP) is 4.32. The van der Waals surface area contributed by atoms with Gasteiger partial charge in [0.25, 0.3) is 11.8 Å². The summed E-state index contributed by atoms with van der Waals surface area (Å²) in [4.78, 5) is 29.7. The first-order chi connectivity index (χ1) is 14.2. The molecule has 0 fully saturated rings. The number of fused-ring (bicyclic) bond motifs is 1. The molecule has 0 aliphatic carbocycles. The molecule has 3 N–H and O–H groups in total. The Morgan fingerprint density at radius 3 is 2.55 bits per heavy atom. The lowest BCUT2D eigenvalue weighted by Gasteiger charge is -2.11. The van der Waals surface area contributed by atoms with Crippen molar-refractivity contribution in [3.63, 3.8) is 0 Å². The first-order valence-electron chi connectivity index (χ1n) is 9.15. The number of H-pyrrole nitrogens is 1. The number of aromatic amines is 1. The fourth-order valence-electron chi connectivity index (χ4n) is 2.99. The van der Waals surface area contributed by atoms with Crippen molar-refractivity contribution < 1.29 is 9.59 Å². The lowest BCUT2D eigenvalue weighted by Crippen LogP contribution is -2.34.